The predicted molar refractivity (Wildman–Crippen MR) is 65.2 cm³/mol. The van der Waals surface area contributed by atoms with Crippen molar-refractivity contribution in [1.82, 2.24) is 0 Å². The van der Waals surface area contributed by atoms with E-state index in [0.29, 0.717) is 24.7 Å². The Hall–Kier alpha value is -0.0800. The normalized spacial score (nSPS) is 15.4. The van der Waals surface area contributed by atoms with Crippen molar-refractivity contribution in [3.63, 3.8) is 0 Å². The van der Waals surface area contributed by atoms with Crippen LogP contribution in [0.15, 0.2) is 0 Å². The van der Waals surface area contributed by atoms with E-state index in [1.807, 2.05) is 0 Å². The van der Waals surface area contributed by atoms with Crippen molar-refractivity contribution in [2.75, 3.05) is 13.2 Å². The second kappa shape index (κ2) is 5.86. The molecule has 0 aromatic heterocycles. The van der Waals surface area contributed by atoms with Crippen LogP contribution in [0.2, 0.25) is 0 Å². The fourth-order valence-corrected chi connectivity index (χ4v) is 1.52. The van der Waals surface area contributed by atoms with E-state index in [0.717, 1.165) is 6.42 Å². The van der Waals surface area contributed by atoms with Gasteiger partial charge in [-0.05, 0) is 39.5 Å². The van der Waals surface area contributed by atoms with Gasteiger partial charge in [-0.1, -0.05) is 20.8 Å². The van der Waals surface area contributed by atoms with Gasteiger partial charge in [0.05, 0.1) is 24.9 Å². The molecule has 15 heavy (non-hydrogen) atoms. The maximum Gasteiger partial charge on any atom is 0.0707 e. The van der Waals surface area contributed by atoms with E-state index in [1.54, 1.807) is 0 Å². The van der Waals surface area contributed by atoms with Crippen LogP contribution in [0.5, 0.6) is 0 Å². The summed E-state index contributed by atoms with van der Waals surface area (Å²) in [7, 11) is 0. The van der Waals surface area contributed by atoms with Crippen LogP contribution >= 0.6 is 0 Å². The Balaban J connectivity index is 3.52. The van der Waals surface area contributed by atoms with Gasteiger partial charge in [-0.15, -0.1) is 0 Å². The van der Waals surface area contributed by atoms with Crippen LogP contribution in [-0.4, -0.2) is 24.9 Å². The van der Waals surface area contributed by atoms with Crippen molar-refractivity contribution in [3.8, 4) is 0 Å². The minimum atomic E-state index is -0.0589. The Kier molecular flexibility index (Phi) is 5.82. The van der Waals surface area contributed by atoms with Gasteiger partial charge >= 0.3 is 0 Å². The highest BCUT2D eigenvalue weighted by Crippen LogP contribution is 2.21. The lowest BCUT2D eigenvalue weighted by Gasteiger charge is -2.24. The van der Waals surface area contributed by atoms with Crippen LogP contribution in [0.3, 0.4) is 0 Å². The number of ether oxygens (including phenoxy) is 2. The van der Waals surface area contributed by atoms with Gasteiger partial charge in [0.2, 0.25) is 0 Å². The Bertz CT molecular complexity index is 162. The summed E-state index contributed by atoms with van der Waals surface area (Å²) in [5.74, 6) is 0. The molecule has 0 spiro atoms. The molecule has 0 amide bonds. The Morgan fingerprint density at radius 2 is 1.47 bits per heavy atom. The lowest BCUT2D eigenvalue weighted by molar-refractivity contribution is -0.0540. The highest BCUT2D eigenvalue weighted by Gasteiger charge is 2.16. The highest BCUT2D eigenvalue weighted by atomic mass is 16.5. The summed E-state index contributed by atoms with van der Waals surface area (Å²) in [6, 6.07) is 0. The first kappa shape index (κ1) is 14.9. The minimum absolute atomic E-state index is 0.0589. The van der Waals surface area contributed by atoms with Crippen LogP contribution in [0.1, 0.15) is 54.9 Å². The van der Waals surface area contributed by atoms with Crippen LogP contribution in [-0.2, 0) is 9.47 Å². The van der Waals surface area contributed by atoms with Gasteiger partial charge in [-0.3, -0.25) is 0 Å². The van der Waals surface area contributed by atoms with Crippen molar-refractivity contribution < 1.29 is 9.47 Å². The van der Waals surface area contributed by atoms with Crippen LogP contribution in [0, 0.1) is 5.41 Å². The molecule has 0 aliphatic carbocycles. The standard InChI is InChI=1S/C13H28O2/c1-11(10-12(2,3)4)14-8-9-15-13(5,6)7/h11H,8-10H2,1-7H3. The summed E-state index contributed by atoms with van der Waals surface area (Å²) in [6.45, 7) is 16.4. The first-order valence-corrected chi connectivity index (χ1v) is 5.86. The lowest BCUT2D eigenvalue weighted by atomic mass is 9.90. The number of rotatable bonds is 5. The summed E-state index contributed by atoms with van der Waals surface area (Å²) in [5, 5.41) is 0. The maximum atomic E-state index is 5.69. The molecule has 0 aromatic rings. The molecule has 0 aliphatic heterocycles. The third-order valence-electron chi connectivity index (χ3n) is 1.92. The quantitative estimate of drug-likeness (QED) is 0.653. The zero-order valence-corrected chi connectivity index (χ0v) is 11.5. The zero-order valence-electron chi connectivity index (χ0n) is 11.5. The van der Waals surface area contributed by atoms with Crippen LogP contribution < -0.4 is 0 Å². The van der Waals surface area contributed by atoms with Gasteiger partial charge in [0.15, 0.2) is 0 Å². The third-order valence-corrected chi connectivity index (χ3v) is 1.92. The Morgan fingerprint density at radius 1 is 0.933 bits per heavy atom. The molecular formula is C13H28O2. The summed E-state index contributed by atoms with van der Waals surface area (Å²) >= 11 is 0. The van der Waals surface area contributed by atoms with Gasteiger partial charge < -0.3 is 9.47 Å². The van der Waals surface area contributed by atoms with Crippen molar-refractivity contribution in [3.05, 3.63) is 0 Å². The van der Waals surface area contributed by atoms with Gasteiger partial charge in [-0.2, -0.15) is 0 Å². The Morgan fingerprint density at radius 3 is 1.87 bits per heavy atom. The average molecular weight is 216 g/mol. The molecule has 0 heterocycles. The van der Waals surface area contributed by atoms with Gasteiger partial charge in [0, 0.05) is 0 Å². The van der Waals surface area contributed by atoms with E-state index in [4.69, 9.17) is 9.47 Å². The molecule has 1 unspecified atom stereocenters. The van der Waals surface area contributed by atoms with E-state index in [1.165, 1.54) is 0 Å². The first-order chi connectivity index (χ1) is 6.60. The zero-order chi connectivity index (χ0) is 12.1. The maximum absolute atomic E-state index is 5.69. The molecule has 0 N–H and O–H groups in total. The van der Waals surface area contributed by atoms with Crippen LogP contribution in [0.25, 0.3) is 0 Å². The number of hydrogen-bond donors (Lipinski definition) is 0. The fourth-order valence-electron chi connectivity index (χ4n) is 1.52. The topological polar surface area (TPSA) is 18.5 Å². The summed E-state index contributed by atoms with van der Waals surface area (Å²) in [6.07, 6.45) is 1.40. The van der Waals surface area contributed by atoms with Gasteiger partial charge in [0.1, 0.15) is 0 Å². The fraction of sp³-hybridized carbons (Fsp3) is 1.00. The van der Waals surface area contributed by atoms with E-state index in [9.17, 15) is 0 Å². The summed E-state index contributed by atoms with van der Waals surface area (Å²) in [4.78, 5) is 0. The van der Waals surface area contributed by atoms with E-state index < -0.39 is 0 Å². The van der Waals surface area contributed by atoms with Gasteiger partial charge in [-0.25, -0.2) is 0 Å². The monoisotopic (exact) mass is 216 g/mol. The molecule has 2 heteroatoms. The second-order valence-electron chi connectivity index (χ2n) is 6.41. The van der Waals surface area contributed by atoms with Crippen molar-refractivity contribution >= 4 is 0 Å². The highest BCUT2D eigenvalue weighted by molar-refractivity contribution is 4.66. The largest absolute Gasteiger partial charge is 0.376 e. The number of hydrogen-bond acceptors (Lipinski definition) is 2. The molecule has 0 saturated heterocycles. The lowest BCUT2D eigenvalue weighted by Crippen LogP contribution is -2.24. The molecular weight excluding hydrogens is 188 g/mol. The molecule has 0 aromatic carbocycles. The molecule has 0 bridgehead atoms. The van der Waals surface area contributed by atoms with E-state index >= 15 is 0 Å². The summed E-state index contributed by atoms with van der Waals surface area (Å²) in [5.41, 5.74) is 0.279. The minimum Gasteiger partial charge on any atom is -0.376 e. The molecule has 0 radical (unpaired) electrons. The summed E-state index contributed by atoms with van der Waals surface area (Å²) < 4.78 is 11.3. The molecule has 0 rings (SSSR count). The molecule has 0 saturated carbocycles. The SMILES string of the molecule is CC(CC(C)(C)C)OCCOC(C)(C)C. The second-order valence-corrected chi connectivity index (χ2v) is 6.41. The van der Waals surface area contributed by atoms with Gasteiger partial charge in [0.25, 0.3) is 0 Å². The van der Waals surface area contributed by atoms with Crippen LogP contribution in [0.4, 0.5) is 0 Å². The van der Waals surface area contributed by atoms with E-state index in [-0.39, 0.29) is 5.60 Å². The molecule has 92 valence electrons. The molecule has 0 fully saturated rings. The third kappa shape index (κ3) is 11.8. The van der Waals surface area contributed by atoms with Crippen molar-refractivity contribution in [2.24, 2.45) is 5.41 Å². The predicted octanol–water partition coefficient (Wildman–Crippen LogP) is 3.64. The molecule has 0 aliphatic rings. The van der Waals surface area contributed by atoms with Crippen molar-refractivity contribution in [1.29, 1.82) is 0 Å². The Labute approximate surface area is 95.3 Å². The smallest absolute Gasteiger partial charge is 0.0707 e. The first-order valence-electron chi connectivity index (χ1n) is 5.86. The van der Waals surface area contributed by atoms with Crippen molar-refractivity contribution in [2.45, 2.75) is 66.6 Å². The molecule has 2 nitrogen and oxygen atoms in total. The van der Waals surface area contributed by atoms with E-state index in [2.05, 4.69) is 48.5 Å². The molecule has 1 atom stereocenters. The average Bonchev–Trinajstić information content (AvgIpc) is 1.92.